The second-order valence-electron chi connectivity index (χ2n) is 4.08. The summed E-state index contributed by atoms with van der Waals surface area (Å²) < 4.78 is 46.9. The fraction of sp³-hybridized carbons (Fsp3) is 1.00. The van der Waals surface area contributed by atoms with Crippen LogP contribution in [0, 0.1) is 0 Å². The zero-order valence-electron chi connectivity index (χ0n) is 9.29. The SMILES string of the molecule is CS(=O)(=O)CCS(=O)(=O)N(CCN)C1CC1. The van der Waals surface area contributed by atoms with Gasteiger partial charge in [-0.3, -0.25) is 0 Å². The first-order valence-corrected chi connectivity index (χ1v) is 8.80. The number of hydrogen-bond donors (Lipinski definition) is 1. The predicted octanol–water partition coefficient (Wildman–Crippen LogP) is -1.22. The maximum absolute atomic E-state index is 11.9. The number of sulfonamides is 1. The van der Waals surface area contributed by atoms with Crippen molar-refractivity contribution in [2.24, 2.45) is 5.73 Å². The topological polar surface area (TPSA) is 97.5 Å². The van der Waals surface area contributed by atoms with Crippen molar-refractivity contribution in [1.29, 1.82) is 0 Å². The maximum atomic E-state index is 11.9. The van der Waals surface area contributed by atoms with E-state index in [0.717, 1.165) is 19.1 Å². The lowest BCUT2D eigenvalue weighted by atomic mass is 10.6. The van der Waals surface area contributed by atoms with E-state index in [1.807, 2.05) is 0 Å². The highest BCUT2D eigenvalue weighted by atomic mass is 32.2. The molecule has 1 aliphatic rings. The van der Waals surface area contributed by atoms with Crippen LogP contribution in [0.15, 0.2) is 0 Å². The van der Waals surface area contributed by atoms with Gasteiger partial charge in [-0.25, -0.2) is 16.8 Å². The summed E-state index contributed by atoms with van der Waals surface area (Å²) in [6.07, 6.45) is 2.73. The molecule has 16 heavy (non-hydrogen) atoms. The van der Waals surface area contributed by atoms with Gasteiger partial charge < -0.3 is 5.73 Å². The summed E-state index contributed by atoms with van der Waals surface area (Å²) in [5.74, 6) is -0.675. The first-order chi connectivity index (χ1) is 7.26. The molecule has 0 atom stereocenters. The molecule has 0 amide bonds. The van der Waals surface area contributed by atoms with Crippen molar-refractivity contribution in [2.45, 2.75) is 18.9 Å². The largest absolute Gasteiger partial charge is 0.329 e. The summed E-state index contributed by atoms with van der Waals surface area (Å²) >= 11 is 0. The highest BCUT2D eigenvalue weighted by Crippen LogP contribution is 2.28. The van der Waals surface area contributed by atoms with Crippen LogP contribution in [0.4, 0.5) is 0 Å². The number of rotatable bonds is 7. The Bertz CT molecular complexity index is 425. The van der Waals surface area contributed by atoms with Gasteiger partial charge in [0.2, 0.25) is 10.0 Å². The third-order valence-electron chi connectivity index (χ3n) is 2.37. The number of nitrogens with zero attached hydrogens (tertiary/aromatic N) is 1. The molecule has 0 radical (unpaired) electrons. The van der Waals surface area contributed by atoms with Crippen molar-refractivity contribution in [3.05, 3.63) is 0 Å². The van der Waals surface area contributed by atoms with E-state index in [-0.39, 0.29) is 30.6 Å². The Morgan fingerprint density at radius 2 is 1.75 bits per heavy atom. The Kier molecular flexibility index (Phi) is 4.33. The fourth-order valence-electron chi connectivity index (χ4n) is 1.41. The molecule has 0 aromatic heterocycles. The van der Waals surface area contributed by atoms with Crippen molar-refractivity contribution < 1.29 is 16.8 Å². The molecule has 96 valence electrons. The summed E-state index contributed by atoms with van der Waals surface area (Å²) in [7, 11) is -6.73. The van der Waals surface area contributed by atoms with Gasteiger partial charge >= 0.3 is 0 Å². The lowest BCUT2D eigenvalue weighted by molar-refractivity contribution is 0.412. The molecule has 6 nitrogen and oxygen atoms in total. The maximum Gasteiger partial charge on any atom is 0.215 e. The van der Waals surface area contributed by atoms with E-state index in [0.29, 0.717) is 0 Å². The van der Waals surface area contributed by atoms with Gasteiger partial charge in [0.1, 0.15) is 9.84 Å². The van der Waals surface area contributed by atoms with Gasteiger partial charge in [-0.2, -0.15) is 4.31 Å². The van der Waals surface area contributed by atoms with E-state index in [1.165, 1.54) is 4.31 Å². The lowest BCUT2D eigenvalue weighted by Gasteiger charge is -2.20. The summed E-state index contributed by atoms with van der Waals surface area (Å²) in [6.45, 7) is 0.533. The molecule has 1 rings (SSSR count). The summed E-state index contributed by atoms with van der Waals surface area (Å²) in [6, 6.07) is 0.0353. The normalized spacial score (nSPS) is 17.9. The number of nitrogens with two attached hydrogens (primary N) is 1. The smallest absolute Gasteiger partial charge is 0.215 e. The minimum Gasteiger partial charge on any atom is -0.329 e. The molecular weight excluding hydrogens is 252 g/mol. The zero-order chi connectivity index (χ0) is 12.4. The molecule has 2 N–H and O–H groups in total. The molecular formula is C8H18N2O4S2. The quantitative estimate of drug-likeness (QED) is 0.625. The van der Waals surface area contributed by atoms with E-state index in [2.05, 4.69) is 0 Å². The van der Waals surface area contributed by atoms with Gasteiger partial charge in [0, 0.05) is 25.4 Å². The highest BCUT2D eigenvalue weighted by molar-refractivity contribution is 7.93. The van der Waals surface area contributed by atoms with Crippen LogP contribution >= 0.6 is 0 Å². The third-order valence-corrected chi connectivity index (χ3v) is 5.49. The van der Waals surface area contributed by atoms with Gasteiger partial charge in [0.15, 0.2) is 0 Å². The van der Waals surface area contributed by atoms with Crippen LogP contribution in [0.25, 0.3) is 0 Å². The van der Waals surface area contributed by atoms with Gasteiger partial charge in [-0.15, -0.1) is 0 Å². The Balaban J connectivity index is 2.66. The van der Waals surface area contributed by atoms with Crippen LogP contribution in [0.2, 0.25) is 0 Å². The van der Waals surface area contributed by atoms with Crippen molar-refractivity contribution in [3.8, 4) is 0 Å². The number of sulfone groups is 1. The van der Waals surface area contributed by atoms with Crippen LogP contribution < -0.4 is 5.73 Å². The van der Waals surface area contributed by atoms with Gasteiger partial charge in [0.05, 0.1) is 11.5 Å². The standard InChI is InChI=1S/C8H18N2O4S2/c1-15(11,12)6-7-16(13,14)10(5-4-9)8-2-3-8/h8H,2-7,9H2,1H3. The van der Waals surface area contributed by atoms with Crippen LogP contribution in [-0.4, -0.2) is 58.0 Å². The third kappa shape index (κ3) is 4.36. The minimum absolute atomic E-state index is 0.0353. The average Bonchev–Trinajstić information content (AvgIpc) is 2.93. The second-order valence-corrected chi connectivity index (χ2v) is 8.38. The molecule has 0 aliphatic heterocycles. The van der Waals surface area contributed by atoms with Crippen molar-refractivity contribution in [3.63, 3.8) is 0 Å². The molecule has 0 heterocycles. The number of hydrogen-bond acceptors (Lipinski definition) is 5. The molecule has 8 heteroatoms. The molecule has 1 fully saturated rings. The van der Waals surface area contributed by atoms with Crippen LogP contribution in [0.3, 0.4) is 0 Å². The molecule has 0 unspecified atom stereocenters. The predicted molar refractivity (Wildman–Crippen MR) is 62.3 cm³/mol. The van der Waals surface area contributed by atoms with E-state index < -0.39 is 19.9 Å². The zero-order valence-corrected chi connectivity index (χ0v) is 10.9. The Morgan fingerprint density at radius 1 is 1.19 bits per heavy atom. The fourth-order valence-corrected chi connectivity index (χ4v) is 4.75. The molecule has 0 saturated heterocycles. The van der Waals surface area contributed by atoms with Crippen molar-refractivity contribution >= 4 is 19.9 Å². The first kappa shape index (κ1) is 13.9. The van der Waals surface area contributed by atoms with E-state index in [1.54, 1.807) is 0 Å². The molecule has 0 bridgehead atoms. The van der Waals surface area contributed by atoms with Crippen molar-refractivity contribution in [2.75, 3.05) is 30.9 Å². The van der Waals surface area contributed by atoms with Gasteiger partial charge in [-0.05, 0) is 12.8 Å². The molecule has 0 aromatic rings. The minimum atomic E-state index is -3.48. The van der Waals surface area contributed by atoms with Gasteiger partial charge in [0.25, 0.3) is 0 Å². The summed E-state index contributed by atoms with van der Waals surface area (Å²) in [5, 5.41) is 0. The van der Waals surface area contributed by atoms with E-state index in [9.17, 15) is 16.8 Å². The van der Waals surface area contributed by atoms with Gasteiger partial charge in [-0.1, -0.05) is 0 Å². The molecule has 0 aromatic carbocycles. The molecule has 1 saturated carbocycles. The lowest BCUT2D eigenvalue weighted by Crippen LogP contribution is -2.39. The monoisotopic (exact) mass is 270 g/mol. The molecule has 1 aliphatic carbocycles. The Labute approximate surface area is 96.8 Å². The average molecular weight is 270 g/mol. The summed E-state index contributed by atoms with van der Waals surface area (Å²) in [5.41, 5.74) is 5.35. The van der Waals surface area contributed by atoms with Crippen LogP contribution in [0.1, 0.15) is 12.8 Å². The van der Waals surface area contributed by atoms with E-state index in [4.69, 9.17) is 5.73 Å². The Hall–Kier alpha value is -0.180. The molecule has 0 spiro atoms. The first-order valence-electron chi connectivity index (χ1n) is 5.13. The van der Waals surface area contributed by atoms with Crippen molar-refractivity contribution in [1.82, 2.24) is 4.31 Å². The van der Waals surface area contributed by atoms with Crippen LogP contribution in [-0.2, 0) is 19.9 Å². The Morgan fingerprint density at radius 3 is 2.12 bits per heavy atom. The highest BCUT2D eigenvalue weighted by Gasteiger charge is 2.36. The summed E-state index contributed by atoms with van der Waals surface area (Å²) in [4.78, 5) is 0. The van der Waals surface area contributed by atoms with E-state index >= 15 is 0 Å². The van der Waals surface area contributed by atoms with Crippen LogP contribution in [0.5, 0.6) is 0 Å². The second kappa shape index (κ2) is 4.99.